The molecule has 146 valence electrons. The van der Waals surface area contributed by atoms with Crippen molar-refractivity contribution in [3.8, 4) is 0 Å². The highest BCUT2D eigenvalue weighted by atomic mass is 32.1. The molecule has 0 aliphatic carbocycles. The Balaban J connectivity index is 1.60. The topological polar surface area (TPSA) is 83.4 Å². The number of thiophene rings is 1. The van der Waals surface area contributed by atoms with Crippen LogP contribution in [0.4, 0.5) is 0 Å². The molecule has 0 fully saturated rings. The fourth-order valence-electron chi connectivity index (χ4n) is 2.75. The SMILES string of the molecule is CC(C)c1ccc([C@@H](NCC(=O)NNC(=O)c2ccco2)c2cccs2)cc1. The molecule has 6 nitrogen and oxygen atoms in total. The van der Waals surface area contributed by atoms with E-state index in [1.165, 1.54) is 17.9 Å². The van der Waals surface area contributed by atoms with Crippen molar-refractivity contribution in [2.24, 2.45) is 0 Å². The van der Waals surface area contributed by atoms with Gasteiger partial charge < -0.3 is 4.42 Å². The van der Waals surface area contributed by atoms with E-state index in [4.69, 9.17) is 4.42 Å². The number of hydrogen-bond acceptors (Lipinski definition) is 5. The Morgan fingerprint density at radius 2 is 1.75 bits per heavy atom. The smallest absolute Gasteiger partial charge is 0.305 e. The second-order valence-corrected chi connectivity index (χ2v) is 7.61. The molecule has 3 rings (SSSR count). The molecule has 0 bridgehead atoms. The average Bonchev–Trinajstić information content (AvgIpc) is 3.41. The number of rotatable bonds is 7. The van der Waals surface area contributed by atoms with Gasteiger partial charge in [-0.05, 0) is 40.6 Å². The summed E-state index contributed by atoms with van der Waals surface area (Å²) in [5, 5.41) is 5.28. The van der Waals surface area contributed by atoms with Crippen molar-refractivity contribution in [1.29, 1.82) is 0 Å². The van der Waals surface area contributed by atoms with Gasteiger partial charge in [-0.15, -0.1) is 11.3 Å². The first kappa shape index (κ1) is 19.9. The maximum atomic E-state index is 12.2. The summed E-state index contributed by atoms with van der Waals surface area (Å²) in [4.78, 5) is 25.1. The molecule has 0 saturated heterocycles. The molecule has 0 unspecified atom stereocenters. The summed E-state index contributed by atoms with van der Waals surface area (Å²) >= 11 is 1.63. The molecule has 1 aromatic carbocycles. The minimum Gasteiger partial charge on any atom is -0.459 e. The Bertz CT molecular complexity index is 888. The number of furan rings is 1. The third kappa shape index (κ3) is 5.09. The van der Waals surface area contributed by atoms with Crippen molar-refractivity contribution in [2.45, 2.75) is 25.8 Å². The number of carbonyl (C=O) groups is 2. The highest BCUT2D eigenvalue weighted by Crippen LogP contribution is 2.27. The molecule has 0 saturated carbocycles. The van der Waals surface area contributed by atoms with E-state index in [2.05, 4.69) is 54.3 Å². The van der Waals surface area contributed by atoms with Gasteiger partial charge in [0.2, 0.25) is 0 Å². The second-order valence-electron chi connectivity index (χ2n) is 6.63. The second kappa shape index (κ2) is 9.34. The fourth-order valence-corrected chi connectivity index (χ4v) is 3.57. The van der Waals surface area contributed by atoms with Crippen LogP contribution in [-0.2, 0) is 4.79 Å². The molecule has 2 amide bonds. The lowest BCUT2D eigenvalue weighted by molar-refractivity contribution is -0.121. The minimum absolute atomic E-state index is 0.0485. The number of nitrogens with one attached hydrogen (secondary N) is 3. The van der Waals surface area contributed by atoms with Gasteiger partial charge in [-0.1, -0.05) is 44.2 Å². The summed E-state index contributed by atoms with van der Waals surface area (Å²) in [6.45, 7) is 4.36. The minimum atomic E-state index is -0.502. The van der Waals surface area contributed by atoms with Crippen LogP contribution < -0.4 is 16.2 Å². The van der Waals surface area contributed by atoms with Crippen LogP contribution in [-0.4, -0.2) is 18.4 Å². The van der Waals surface area contributed by atoms with Gasteiger partial charge in [0.05, 0.1) is 18.8 Å². The van der Waals surface area contributed by atoms with Gasteiger partial charge >= 0.3 is 5.91 Å². The fraction of sp³-hybridized carbons (Fsp3) is 0.238. The zero-order chi connectivity index (χ0) is 19.9. The predicted octanol–water partition coefficient (Wildman–Crippen LogP) is 3.60. The average molecular weight is 398 g/mol. The highest BCUT2D eigenvalue weighted by molar-refractivity contribution is 7.10. The van der Waals surface area contributed by atoms with E-state index in [0.29, 0.717) is 5.92 Å². The van der Waals surface area contributed by atoms with Crippen LogP contribution in [0.5, 0.6) is 0 Å². The monoisotopic (exact) mass is 397 g/mol. The van der Waals surface area contributed by atoms with Gasteiger partial charge in [0.15, 0.2) is 5.76 Å². The summed E-state index contributed by atoms with van der Waals surface area (Å²) in [6.07, 6.45) is 1.40. The Labute approximate surface area is 167 Å². The summed E-state index contributed by atoms with van der Waals surface area (Å²) in [7, 11) is 0. The van der Waals surface area contributed by atoms with Gasteiger partial charge in [0.1, 0.15) is 0 Å². The Morgan fingerprint density at radius 3 is 2.36 bits per heavy atom. The lowest BCUT2D eigenvalue weighted by Gasteiger charge is -2.19. The van der Waals surface area contributed by atoms with Crippen LogP contribution in [0.1, 0.15) is 52.4 Å². The summed E-state index contributed by atoms with van der Waals surface area (Å²) in [5.74, 6) is -0.251. The molecule has 0 spiro atoms. The van der Waals surface area contributed by atoms with E-state index in [0.717, 1.165) is 10.4 Å². The van der Waals surface area contributed by atoms with Gasteiger partial charge in [0.25, 0.3) is 5.91 Å². The first-order valence-electron chi connectivity index (χ1n) is 9.04. The molecular formula is C21H23N3O3S. The number of benzene rings is 1. The van der Waals surface area contributed by atoms with Crippen LogP contribution in [0.3, 0.4) is 0 Å². The van der Waals surface area contributed by atoms with E-state index in [-0.39, 0.29) is 24.3 Å². The molecule has 7 heteroatoms. The number of carbonyl (C=O) groups excluding carboxylic acids is 2. The van der Waals surface area contributed by atoms with Crippen LogP contribution in [0.25, 0.3) is 0 Å². The van der Waals surface area contributed by atoms with Crippen molar-refractivity contribution in [2.75, 3.05) is 6.54 Å². The van der Waals surface area contributed by atoms with Gasteiger partial charge in [0, 0.05) is 4.88 Å². The van der Waals surface area contributed by atoms with E-state index < -0.39 is 5.91 Å². The molecular weight excluding hydrogens is 374 g/mol. The zero-order valence-electron chi connectivity index (χ0n) is 15.8. The Kier molecular flexibility index (Phi) is 6.62. The molecule has 0 aliphatic rings. The van der Waals surface area contributed by atoms with E-state index in [9.17, 15) is 9.59 Å². The first-order valence-corrected chi connectivity index (χ1v) is 9.92. The molecule has 0 aliphatic heterocycles. The molecule has 2 heterocycles. The number of amides is 2. The lowest BCUT2D eigenvalue weighted by atomic mass is 9.98. The largest absolute Gasteiger partial charge is 0.459 e. The summed E-state index contributed by atoms with van der Waals surface area (Å²) < 4.78 is 4.98. The highest BCUT2D eigenvalue weighted by Gasteiger charge is 2.17. The molecule has 28 heavy (non-hydrogen) atoms. The van der Waals surface area contributed by atoms with Crippen molar-refractivity contribution in [1.82, 2.24) is 16.2 Å². The van der Waals surface area contributed by atoms with E-state index >= 15 is 0 Å². The maximum absolute atomic E-state index is 12.2. The number of hydrazine groups is 1. The van der Waals surface area contributed by atoms with Crippen molar-refractivity contribution in [3.63, 3.8) is 0 Å². The molecule has 2 aromatic heterocycles. The standard InChI is InChI=1S/C21H23N3O3S/c1-14(2)15-7-9-16(10-8-15)20(18-6-4-12-28-18)22-13-19(25)23-24-21(26)17-5-3-11-27-17/h3-12,14,20,22H,13H2,1-2H3,(H,23,25)(H,24,26)/t20-/m1/s1. The van der Waals surface area contributed by atoms with Gasteiger partial charge in [-0.2, -0.15) is 0 Å². The van der Waals surface area contributed by atoms with Crippen LogP contribution >= 0.6 is 11.3 Å². The van der Waals surface area contributed by atoms with Crippen LogP contribution in [0, 0.1) is 0 Å². The Morgan fingerprint density at radius 1 is 1.00 bits per heavy atom. The predicted molar refractivity (Wildman–Crippen MR) is 109 cm³/mol. The van der Waals surface area contributed by atoms with Crippen molar-refractivity contribution >= 4 is 23.2 Å². The van der Waals surface area contributed by atoms with E-state index in [1.54, 1.807) is 17.4 Å². The van der Waals surface area contributed by atoms with Crippen LogP contribution in [0.15, 0.2) is 64.6 Å². The molecule has 3 N–H and O–H groups in total. The quantitative estimate of drug-likeness (QED) is 0.532. The lowest BCUT2D eigenvalue weighted by Crippen LogP contribution is -2.45. The normalized spacial score (nSPS) is 12.0. The van der Waals surface area contributed by atoms with Crippen molar-refractivity contribution < 1.29 is 14.0 Å². The Hall–Kier alpha value is -2.90. The molecule has 3 aromatic rings. The number of hydrogen-bond donors (Lipinski definition) is 3. The maximum Gasteiger partial charge on any atom is 0.305 e. The van der Waals surface area contributed by atoms with Crippen molar-refractivity contribution in [3.05, 3.63) is 81.9 Å². The summed E-state index contributed by atoms with van der Waals surface area (Å²) in [5.41, 5.74) is 7.08. The third-order valence-corrected chi connectivity index (χ3v) is 5.23. The van der Waals surface area contributed by atoms with Gasteiger partial charge in [-0.25, -0.2) is 0 Å². The summed E-state index contributed by atoms with van der Waals surface area (Å²) in [6, 6.07) is 15.5. The third-order valence-electron chi connectivity index (χ3n) is 4.29. The van der Waals surface area contributed by atoms with Gasteiger partial charge in [-0.3, -0.25) is 25.8 Å². The van der Waals surface area contributed by atoms with E-state index in [1.807, 2.05) is 17.5 Å². The zero-order valence-corrected chi connectivity index (χ0v) is 16.6. The van der Waals surface area contributed by atoms with Crippen LogP contribution in [0.2, 0.25) is 0 Å². The molecule has 0 radical (unpaired) electrons. The first-order chi connectivity index (χ1) is 13.5. The molecule has 1 atom stereocenters.